The van der Waals surface area contributed by atoms with Crippen molar-refractivity contribution in [3.63, 3.8) is 0 Å². The molecule has 18 heavy (non-hydrogen) atoms. The molecule has 1 aromatic rings. The highest BCUT2D eigenvalue weighted by Gasteiger charge is 2.39. The second kappa shape index (κ2) is 4.17. The van der Waals surface area contributed by atoms with Gasteiger partial charge in [0.05, 0.1) is 0 Å². The number of fused-ring (bicyclic) bond motifs is 1. The number of benzene rings is 1. The summed E-state index contributed by atoms with van der Waals surface area (Å²) in [4.78, 5) is 3.13. The van der Waals surface area contributed by atoms with Gasteiger partial charge < -0.3 is 0 Å². The van der Waals surface area contributed by atoms with Gasteiger partial charge in [-0.15, -0.1) is 0 Å². The van der Waals surface area contributed by atoms with E-state index in [0.717, 1.165) is 0 Å². The number of hydrogen-bond acceptors (Lipinski definition) is 0. The number of allylic oxidation sites excluding steroid dienone is 5. The van der Waals surface area contributed by atoms with Crippen LogP contribution in [-0.4, -0.2) is 6.26 Å². The topological polar surface area (TPSA) is 0 Å². The zero-order valence-electron chi connectivity index (χ0n) is 11.3. The Bertz CT molecular complexity index is 550. The molecule has 1 heteroatoms. The van der Waals surface area contributed by atoms with Crippen LogP contribution in [0, 0.1) is 11.8 Å². The van der Waals surface area contributed by atoms with Gasteiger partial charge in [0.15, 0.2) is 0 Å². The van der Waals surface area contributed by atoms with Crippen molar-refractivity contribution >= 4 is 10.0 Å². The Morgan fingerprint density at radius 3 is 2.56 bits per heavy atom. The monoisotopic (exact) mass is 256 g/mol. The summed E-state index contributed by atoms with van der Waals surface area (Å²) < 4.78 is 0. The zero-order valence-corrected chi connectivity index (χ0v) is 12.1. The first kappa shape index (κ1) is 11.9. The quantitative estimate of drug-likeness (QED) is 0.655. The molecule has 0 saturated heterocycles. The molecule has 1 heterocycles. The smallest absolute Gasteiger partial charge is 0.0164 e. The summed E-state index contributed by atoms with van der Waals surface area (Å²) in [6.45, 7) is 4.64. The largest absolute Gasteiger partial charge is 0.173 e. The van der Waals surface area contributed by atoms with Crippen LogP contribution in [0.2, 0.25) is 0 Å². The molecule has 0 amide bonds. The van der Waals surface area contributed by atoms with E-state index in [2.05, 4.69) is 74.1 Å². The molecule has 1 aromatic carbocycles. The molecule has 0 N–H and O–H groups in total. The van der Waals surface area contributed by atoms with E-state index in [9.17, 15) is 0 Å². The summed E-state index contributed by atoms with van der Waals surface area (Å²) in [6.07, 6.45) is 9.38. The van der Waals surface area contributed by atoms with E-state index in [1.165, 1.54) is 4.90 Å². The van der Waals surface area contributed by atoms with Crippen LogP contribution in [0.15, 0.2) is 69.3 Å². The van der Waals surface area contributed by atoms with Gasteiger partial charge in [0.1, 0.15) is 0 Å². The highest BCUT2D eigenvalue weighted by molar-refractivity contribution is 8.38. The molecule has 2 aliphatic rings. The van der Waals surface area contributed by atoms with E-state index < -0.39 is 10.0 Å². The van der Waals surface area contributed by atoms with Crippen molar-refractivity contribution in [3.05, 3.63) is 64.4 Å². The molecule has 1 aliphatic carbocycles. The Kier molecular flexibility index (Phi) is 2.74. The molecule has 3 atom stereocenters. The fraction of sp³-hybridized carbons (Fsp3) is 0.294. The van der Waals surface area contributed by atoms with E-state index >= 15 is 0 Å². The summed E-state index contributed by atoms with van der Waals surface area (Å²) in [7, 11) is -0.918. The van der Waals surface area contributed by atoms with E-state index in [1.807, 2.05) is 0 Å². The average molecular weight is 256 g/mol. The fourth-order valence-corrected chi connectivity index (χ4v) is 6.71. The van der Waals surface area contributed by atoms with Crippen LogP contribution in [0.3, 0.4) is 0 Å². The maximum Gasteiger partial charge on any atom is 0.0164 e. The first-order valence-corrected chi connectivity index (χ1v) is 8.63. The third kappa shape index (κ3) is 1.61. The van der Waals surface area contributed by atoms with Gasteiger partial charge in [0.25, 0.3) is 0 Å². The molecular weight excluding hydrogens is 236 g/mol. The zero-order chi connectivity index (χ0) is 12.8. The van der Waals surface area contributed by atoms with Crippen molar-refractivity contribution in [2.75, 3.05) is 6.26 Å². The maximum atomic E-state index is 2.54. The second-order valence-corrected chi connectivity index (χ2v) is 8.59. The molecule has 1 aliphatic heterocycles. The average Bonchev–Trinajstić information content (AvgIpc) is 2.65. The SMILES string of the molecule is CC1=CS(C)(c2ccccc2)C2=CC=CC(C)C12. The lowest BCUT2D eigenvalue weighted by atomic mass is 9.85. The highest BCUT2D eigenvalue weighted by atomic mass is 32.3. The van der Waals surface area contributed by atoms with Gasteiger partial charge in [-0.25, -0.2) is 0 Å². The van der Waals surface area contributed by atoms with Crippen molar-refractivity contribution in [2.24, 2.45) is 11.8 Å². The van der Waals surface area contributed by atoms with Crippen LogP contribution in [0.5, 0.6) is 0 Å². The molecule has 0 nitrogen and oxygen atoms in total. The summed E-state index contributed by atoms with van der Waals surface area (Å²) in [5.41, 5.74) is 1.56. The third-order valence-corrected chi connectivity index (χ3v) is 7.61. The molecule has 3 unspecified atom stereocenters. The van der Waals surface area contributed by atoms with Gasteiger partial charge in [0, 0.05) is 5.92 Å². The van der Waals surface area contributed by atoms with E-state index in [0.29, 0.717) is 11.8 Å². The lowest BCUT2D eigenvalue weighted by molar-refractivity contribution is 0.573. The molecule has 0 bridgehead atoms. The predicted octanol–water partition coefficient (Wildman–Crippen LogP) is 5.10. The summed E-state index contributed by atoms with van der Waals surface area (Å²) in [5, 5.41) is 2.54. The first-order chi connectivity index (χ1) is 8.63. The van der Waals surface area contributed by atoms with Crippen LogP contribution >= 0.6 is 10.0 Å². The minimum Gasteiger partial charge on any atom is -0.173 e. The van der Waals surface area contributed by atoms with Crippen LogP contribution < -0.4 is 0 Å². The molecule has 0 spiro atoms. The van der Waals surface area contributed by atoms with Gasteiger partial charge >= 0.3 is 0 Å². The van der Waals surface area contributed by atoms with Crippen LogP contribution in [0.1, 0.15) is 13.8 Å². The molecule has 0 fully saturated rings. The Morgan fingerprint density at radius 1 is 1.11 bits per heavy atom. The second-order valence-electron chi connectivity index (χ2n) is 5.45. The van der Waals surface area contributed by atoms with Gasteiger partial charge in [-0.1, -0.05) is 48.9 Å². The van der Waals surface area contributed by atoms with Crippen molar-refractivity contribution in [3.8, 4) is 0 Å². The molecule has 3 rings (SSSR count). The van der Waals surface area contributed by atoms with Crippen molar-refractivity contribution < 1.29 is 0 Å². The van der Waals surface area contributed by atoms with Crippen LogP contribution in [0.4, 0.5) is 0 Å². The van der Waals surface area contributed by atoms with Crippen molar-refractivity contribution in [1.82, 2.24) is 0 Å². The summed E-state index contributed by atoms with van der Waals surface area (Å²) in [6, 6.07) is 11.0. The fourth-order valence-electron chi connectivity index (χ4n) is 3.26. The Hall–Kier alpha value is -1.21. The molecule has 0 saturated carbocycles. The first-order valence-electron chi connectivity index (χ1n) is 6.53. The lowest BCUT2D eigenvalue weighted by Gasteiger charge is -2.36. The molecule has 94 valence electrons. The third-order valence-electron chi connectivity index (χ3n) is 4.14. The van der Waals surface area contributed by atoms with Crippen molar-refractivity contribution in [1.29, 1.82) is 0 Å². The molecule has 0 aromatic heterocycles. The minimum absolute atomic E-state index is 0.634. The normalized spacial score (nSPS) is 37.5. The van der Waals surface area contributed by atoms with E-state index in [4.69, 9.17) is 0 Å². The van der Waals surface area contributed by atoms with E-state index in [1.54, 1.807) is 10.5 Å². The summed E-state index contributed by atoms with van der Waals surface area (Å²) >= 11 is 0. The number of rotatable bonds is 1. The number of hydrogen-bond donors (Lipinski definition) is 0. The van der Waals surface area contributed by atoms with Crippen molar-refractivity contribution in [2.45, 2.75) is 18.7 Å². The standard InChI is InChI=1S/C17H20S/c1-13-8-7-11-16-17(13)14(2)12-18(16,3)15-9-5-4-6-10-15/h4-13,17H,1-3H3. The minimum atomic E-state index is -0.918. The van der Waals surface area contributed by atoms with E-state index in [-0.39, 0.29) is 0 Å². The van der Waals surface area contributed by atoms with Gasteiger partial charge in [-0.2, -0.15) is 10.0 Å². The Labute approximate surface area is 111 Å². The highest BCUT2D eigenvalue weighted by Crippen LogP contribution is 2.70. The Balaban J connectivity index is 2.14. The van der Waals surface area contributed by atoms with Gasteiger partial charge in [-0.05, 0) is 46.4 Å². The van der Waals surface area contributed by atoms with Gasteiger partial charge in [0.2, 0.25) is 0 Å². The van der Waals surface area contributed by atoms with Gasteiger partial charge in [-0.3, -0.25) is 0 Å². The lowest BCUT2D eigenvalue weighted by Crippen LogP contribution is -2.14. The molecule has 0 radical (unpaired) electrons. The predicted molar refractivity (Wildman–Crippen MR) is 81.9 cm³/mol. The maximum absolute atomic E-state index is 2.54. The molecular formula is C17H20S. The Morgan fingerprint density at radius 2 is 1.83 bits per heavy atom. The summed E-state index contributed by atoms with van der Waals surface area (Å²) in [5.74, 6) is 1.27. The van der Waals surface area contributed by atoms with Crippen LogP contribution in [-0.2, 0) is 0 Å². The van der Waals surface area contributed by atoms with Crippen LogP contribution in [0.25, 0.3) is 0 Å².